The third kappa shape index (κ3) is 4.64. The molecule has 0 spiro atoms. The van der Waals surface area contributed by atoms with Crippen LogP contribution in [0.2, 0.25) is 0 Å². The first-order chi connectivity index (χ1) is 9.69. The Kier molecular flexibility index (Phi) is 6.11. The van der Waals surface area contributed by atoms with Crippen molar-refractivity contribution in [1.29, 1.82) is 0 Å². The van der Waals surface area contributed by atoms with Crippen LogP contribution in [0.25, 0.3) is 0 Å². The summed E-state index contributed by atoms with van der Waals surface area (Å²) in [6, 6.07) is 2.11. The fraction of sp³-hybridized carbons (Fsp3) is 0.765. The quantitative estimate of drug-likeness (QED) is 0.825. The van der Waals surface area contributed by atoms with Crippen LogP contribution < -0.4 is 5.32 Å². The van der Waals surface area contributed by atoms with E-state index in [0.717, 1.165) is 31.3 Å². The molecule has 2 heterocycles. The lowest BCUT2D eigenvalue weighted by Crippen LogP contribution is -2.33. The highest BCUT2D eigenvalue weighted by atomic mass is 16.3. The van der Waals surface area contributed by atoms with Crippen molar-refractivity contribution in [2.24, 2.45) is 11.8 Å². The largest absolute Gasteiger partial charge is 0.468 e. The normalized spacial score (nSPS) is 18.0. The van der Waals surface area contributed by atoms with Crippen LogP contribution in [0.3, 0.4) is 0 Å². The Balaban J connectivity index is 1.80. The van der Waals surface area contributed by atoms with Gasteiger partial charge in [0.2, 0.25) is 0 Å². The second-order valence-electron chi connectivity index (χ2n) is 6.52. The van der Waals surface area contributed by atoms with Crippen LogP contribution in [0, 0.1) is 11.8 Å². The van der Waals surface area contributed by atoms with Crippen molar-refractivity contribution in [2.75, 3.05) is 19.6 Å². The first-order valence-corrected chi connectivity index (χ1v) is 8.17. The summed E-state index contributed by atoms with van der Waals surface area (Å²) >= 11 is 0. The van der Waals surface area contributed by atoms with Gasteiger partial charge in [0.25, 0.3) is 0 Å². The molecule has 1 aromatic rings. The molecule has 1 saturated heterocycles. The summed E-state index contributed by atoms with van der Waals surface area (Å²) in [6.45, 7) is 12.2. The van der Waals surface area contributed by atoms with Crippen LogP contribution in [-0.4, -0.2) is 24.5 Å². The summed E-state index contributed by atoms with van der Waals surface area (Å²) < 4.78 is 5.70. The number of rotatable bonds is 7. The van der Waals surface area contributed by atoms with Gasteiger partial charge in [0.1, 0.15) is 5.76 Å². The molecule has 0 atom stereocenters. The third-order valence-corrected chi connectivity index (χ3v) is 4.36. The van der Waals surface area contributed by atoms with Gasteiger partial charge in [-0.15, -0.1) is 0 Å². The first-order valence-electron chi connectivity index (χ1n) is 8.17. The lowest BCUT2D eigenvalue weighted by Gasteiger charge is -2.31. The highest BCUT2D eigenvalue weighted by Gasteiger charge is 2.19. The minimum atomic E-state index is 0.693. The van der Waals surface area contributed by atoms with Crippen molar-refractivity contribution in [1.82, 2.24) is 10.2 Å². The Labute approximate surface area is 123 Å². The number of hydrogen-bond donors (Lipinski definition) is 1. The molecule has 3 nitrogen and oxygen atoms in total. The maximum Gasteiger partial charge on any atom is 0.122 e. The van der Waals surface area contributed by atoms with Crippen molar-refractivity contribution in [3.8, 4) is 0 Å². The van der Waals surface area contributed by atoms with E-state index < -0.39 is 0 Å². The molecule has 0 saturated carbocycles. The molecule has 0 bridgehead atoms. The molecule has 1 aliphatic heterocycles. The van der Waals surface area contributed by atoms with Gasteiger partial charge in [-0.1, -0.05) is 27.2 Å². The van der Waals surface area contributed by atoms with E-state index in [4.69, 9.17) is 4.42 Å². The molecule has 0 unspecified atom stereocenters. The van der Waals surface area contributed by atoms with E-state index in [1.165, 1.54) is 37.9 Å². The lowest BCUT2D eigenvalue weighted by molar-refractivity contribution is 0.164. The van der Waals surface area contributed by atoms with E-state index in [1.807, 2.05) is 6.26 Å². The average Bonchev–Trinajstić information content (AvgIpc) is 2.87. The van der Waals surface area contributed by atoms with Gasteiger partial charge in [0, 0.05) is 12.1 Å². The second-order valence-corrected chi connectivity index (χ2v) is 6.52. The van der Waals surface area contributed by atoms with Crippen LogP contribution in [-0.2, 0) is 13.1 Å². The molecule has 0 amide bonds. The van der Waals surface area contributed by atoms with Gasteiger partial charge < -0.3 is 9.73 Å². The van der Waals surface area contributed by atoms with Gasteiger partial charge in [-0.25, -0.2) is 0 Å². The van der Waals surface area contributed by atoms with E-state index in [2.05, 4.69) is 37.1 Å². The van der Waals surface area contributed by atoms with E-state index in [9.17, 15) is 0 Å². The van der Waals surface area contributed by atoms with Crippen LogP contribution in [0.15, 0.2) is 16.7 Å². The predicted octanol–water partition coefficient (Wildman–Crippen LogP) is 3.65. The highest BCUT2D eigenvalue weighted by molar-refractivity contribution is 5.16. The molecule has 0 radical (unpaired) electrons. The Morgan fingerprint density at radius 2 is 2.10 bits per heavy atom. The molecule has 1 fully saturated rings. The maximum absolute atomic E-state index is 5.70. The standard InChI is InChI=1S/C17H30N2O/c1-4-15-5-8-19(9-6-15)13-17-16(7-10-20-17)12-18-11-14(2)3/h7,10,14-15,18H,4-6,8-9,11-13H2,1-3H3. The smallest absolute Gasteiger partial charge is 0.122 e. The Hall–Kier alpha value is -0.800. The molecule has 20 heavy (non-hydrogen) atoms. The van der Waals surface area contributed by atoms with Gasteiger partial charge in [-0.05, 0) is 50.4 Å². The maximum atomic E-state index is 5.70. The van der Waals surface area contributed by atoms with Crippen molar-refractivity contribution in [3.05, 3.63) is 23.7 Å². The summed E-state index contributed by atoms with van der Waals surface area (Å²) in [5.74, 6) is 2.78. The van der Waals surface area contributed by atoms with Crippen LogP contribution >= 0.6 is 0 Å². The molecule has 3 heteroatoms. The van der Waals surface area contributed by atoms with Crippen LogP contribution in [0.5, 0.6) is 0 Å². The monoisotopic (exact) mass is 278 g/mol. The molecular formula is C17H30N2O. The molecule has 1 aromatic heterocycles. The van der Waals surface area contributed by atoms with Gasteiger partial charge in [-0.3, -0.25) is 4.90 Å². The van der Waals surface area contributed by atoms with E-state index in [1.54, 1.807) is 0 Å². The van der Waals surface area contributed by atoms with Gasteiger partial charge in [0.15, 0.2) is 0 Å². The van der Waals surface area contributed by atoms with Gasteiger partial charge >= 0.3 is 0 Å². The van der Waals surface area contributed by atoms with Crippen molar-refractivity contribution < 1.29 is 4.42 Å². The number of nitrogens with zero attached hydrogens (tertiary/aromatic N) is 1. The van der Waals surface area contributed by atoms with Gasteiger partial charge in [-0.2, -0.15) is 0 Å². The third-order valence-electron chi connectivity index (χ3n) is 4.36. The predicted molar refractivity (Wildman–Crippen MR) is 83.5 cm³/mol. The van der Waals surface area contributed by atoms with Crippen LogP contribution in [0.4, 0.5) is 0 Å². The SMILES string of the molecule is CCC1CCN(Cc2occc2CNCC(C)C)CC1. The van der Waals surface area contributed by atoms with Crippen molar-refractivity contribution in [2.45, 2.75) is 53.1 Å². The minimum absolute atomic E-state index is 0.693. The lowest BCUT2D eigenvalue weighted by atomic mass is 9.94. The van der Waals surface area contributed by atoms with E-state index >= 15 is 0 Å². The summed E-state index contributed by atoms with van der Waals surface area (Å²) in [6.07, 6.45) is 5.86. The summed E-state index contributed by atoms with van der Waals surface area (Å²) in [5.41, 5.74) is 1.32. The molecule has 0 aliphatic carbocycles. The summed E-state index contributed by atoms with van der Waals surface area (Å²) in [5, 5.41) is 3.50. The minimum Gasteiger partial charge on any atom is -0.468 e. The molecule has 2 rings (SSSR count). The molecule has 1 aliphatic rings. The summed E-state index contributed by atoms with van der Waals surface area (Å²) in [7, 11) is 0. The number of nitrogens with one attached hydrogen (secondary N) is 1. The Bertz CT molecular complexity index is 378. The zero-order valence-electron chi connectivity index (χ0n) is 13.3. The fourth-order valence-corrected chi connectivity index (χ4v) is 2.91. The van der Waals surface area contributed by atoms with E-state index in [-0.39, 0.29) is 0 Å². The van der Waals surface area contributed by atoms with Crippen molar-refractivity contribution >= 4 is 0 Å². The van der Waals surface area contributed by atoms with Crippen LogP contribution in [0.1, 0.15) is 51.4 Å². The van der Waals surface area contributed by atoms with Gasteiger partial charge in [0.05, 0.1) is 12.8 Å². The average molecular weight is 278 g/mol. The fourth-order valence-electron chi connectivity index (χ4n) is 2.91. The highest BCUT2D eigenvalue weighted by Crippen LogP contribution is 2.22. The first kappa shape index (κ1) is 15.6. The van der Waals surface area contributed by atoms with Crippen molar-refractivity contribution in [3.63, 3.8) is 0 Å². The molecule has 0 aromatic carbocycles. The molecular weight excluding hydrogens is 248 g/mol. The number of piperidine rings is 1. The second kappa shape index (κ2) is 7.84. The topological polar surface area (TPSA) is 28.4 Å². The zero-order valence-corrected chi connectivity index (χ0v) is 13.3. The summed E-state index contributed by atoms with van der Waals surface area (Å²) in [4.78, 5) is 2.54. The number of hydrogen-bond acceptors (Lipinski definition) is 3. The Morgan fingerprint density at radius 3 is 2.75 bits per heavy atom. The molecule has 1 N–H and O–H groups in total. The zero-order chi connectivity index (χ0) is 14.4. The number of furan rings is 1. The number of likely N-dealkylation sites (tertiary alicyclic amines) is 1. The Morgan fingerprint density at radius 1 is 1.35 bits per heavy atom. The van der Waals surface area contributed by atoms with E-state index in [0.29, 0.717) is 5.92 Å². The molecule has 114 valence electrons.